The van der Waals surface area contributed by atoms with Crippen molar-refractivity contribution in [1.82, 2.24) is 9.97 Å². The number of para-hydroxylation sites is 1. The Morgan fingerprint density at radius 2 is 2.17 bits per heavy atom. The van der Waals surface area contributed by atoms with Crippen molar-refractivity contribution in [2.45, 2.75) is 0 Å². The zero-order valence-corrected chi connectivity index (χ0v) is 9.72. The number of benzene rings is 1. The Labute approximate surface area is 103 Å². The van der Waals surface area contributed by atoms with Gasteiger partial charge in [-0.15, -0.1) is 0 Å². The molecule has 0 atom stereocenters. The Hall–Kier alpha value is -2.08. The molecule has 0 aliphatic carbocycles. The molecule has 1 saturated heterocycles. The maximum atomic E-state index is 11.1. The second kappa shape index (κ2) is 4.30. The number of carboxylic acids is 1. The predicted octanol–water partition coefficient (Wildman–Crippen LogP) is 1.10. The number of anilines is 1. The van der Waals surface area contributed by atoms with E-state index in [9.17, 15) is 4.79 Å². The second-order valence-corrected chi connectivity index (χ2v) is 4.17. The summed E-state index contributed by atoms with van der Waals surface area (Å²) in [6.45, 7) is 2.87. The third-order valence-corrected chi connectivity index (χ3v) is 3.04. The van der Waals surface area contributed by atoms with Crippen LogP contribution < -0.4 is 4.90 Å². The molecule has 1 aliphatic rings. The summed E-state index contributed by atoms with van der Waals surface area (Å²) in [5, 5.41) is 9.11. The number of rotatable bonds is 2. The number of ether oxygens (including phenoxy) is 1. The maximum absolute atomic E-state index is 11.1. The van der Waals surface area contributed by atoms with E-state index in [2.05, 4.69) is 14.9 Å². The number of nitrogens with zero attached hydrogens (tertiary/aromatic N) is 2. The van der Waals surface area contributed by atoms with Gasteiger partial charge >= 0.3 is 5.97 Å². The van der Waals surface area contributed by atoms with Gasteiger partial charge < -0.3 is 19.7 Å². The average molecular weight is 247 g/mol. The van der Waals surface area contributed by atoms with Crippen LogP contribution in [0.4, 0.5) is 5.95 Å². The molecule has 0 spiro atoms. The molecule has 1 aromatic carbocycles. The fourth-order valence-electron chi connectivity index (χ4n) is 2.12. The van der Waals surface area contributed by atoms with Crippen molar-refractivity contribution in [3.63, 3.8) is 0 Å². The number of aromatic amines is 1. The molecule has 6 nitrogen and oxygen atoms in total. The lowest BCUT2D eigenvalue weighted by Gasteiger charge is -2.26. The van der Waals surface area contributed by atoms with Crippen LogP contribution in [0.3, 0.4) is 0 Å². The molecule has 1 aliphatic heterocycles. The molecule has 94 valence electrons. The first-order valence-corrected chi connectivity index (χ1v) is 5.80. The minimum Gasteiger partial charge on any atom is -0.478 e. The van der Waals surface area contributed by atoms with Gasteiger partial charge in [0.1, 0.15) is 5.52 Å². The highest BCUT2D eigenvalue weighted by molar-refractivity contribution is 6.01. The first-order valence-electron chi connectivity index (χ1n) is 5.80. The van der Waals surface area contributed by atoms with Crippen LogP contribution in [0.1, 0.15) is 10.4 Å². The van der Waals surface area contributed by atoms with Gasteiger partial charge in [-0.2, -0.15) is 0 Å². The van der Waals surface area contributed by atoms with Gasteiger partial charge in [0.05, 0.1) is 24.3 Å². The molecule has 18 heavy (non-hydrogen) atoms. The third kappa shape index (κ3) is 1.80. The Morgan fingerprint density at radius 3 is 2.89 bits per heavy atom. The minimum atomic E-state index is -0.958. The third-order valence-electron chi connectivity index (χ3n) is 3.04. The number of aromatic nitrogens is 2. The number of aromatic carboxylic acids is 1. The Morgan fingerprint density at radius 1 is 1.39 bits per heavy atom. The number of carboxylic acid groups (broad SMARTS) is 1. The molecule has 6 heteroatoms. The van der Waals surface area contributed by atoms with E-state index in [1.165, 1.54) is 0 Å². The maximum Gasteiger partial charge on any atom is 0.337 e. The Kier molecular flexibility index (Phi) is 2.64. The lowest BCUT2D eigenvalue weighted by Crippen LogP contribution is -2.36. The number of morpholine rings is 1. The number of hydrogen-bond acceptors (Lipinski definition) is 4. The predicted molar refractivity (Wildman–Crippen MR) is 66.1 cm³/mol. The zero-order valence-electron chi connectivity index (χ0n) is 9.72. The van der Waals surface area contributed by atoms with Crippen LogP contribution in [0, 0.1) is 0 Å². The van der Waals surface area contributed by atoms with Crippen molar-refractivity contribution in [2.24, 2.45) is 0 Å². The minimum absolute atomic E-state index is 0.225. The standard InChI is InChI=1S/C12H13N3O3/c16-11(17)8-2-1-3-9-10(8)14-12(13-9)15-4-6-18-7-5-15/h1-3H,4-7H2,(H,13,14)(H,16,17). The van der Waals surface area contributed by atoms with Gasteiger partial charge in [-0.3, -0.25) is 0 Å². The monoisotopic (exact) mass is 247 g/mol. The van der Waals surface area contributed by atoms with Gasteiger partial charge in [-0.05, 0) is 12.1 Å². The first kappa shape index (κ1) is 11.0. The summed E-state index contributed by atoms with van der Waals surface area (Å²) in [6, 6.07) is 5.11. The van der Waals surface area contributed by atoms with Gasteiger partial charge in [0.15, 0.2) is 0 Å². The molecule has 3 rings (SSSR count). The van der Waals surface area contributed by atoms with Crippen molar-refractivity contribution in [2.75, 3.05) is 31.2 Å². The highest BCUT2D eigenvalue weighted by Gasteiger charge is 2.17. The molecule has 1 fully saturated rings. The summed E-state index contributed by atoms with van der Waals surface area (Å²) in [4.78, 5) is 20.7. The average Bonchev–Trinajstić information content (AvgIpc) is 2.83. The number of H-pyrrole nitrogens is 1. The molecular weight excluding hydrogens is 234 g/mol. The van der Waals surface area contributed by atoms with Gasteiger partial charge in [0.2, 0.25) is 5.95 Å². The molecule has 1 aromatic heterocycles. The van der Waals surface area contributed by atoms with Crippen LogP contribution in [0.15, 0.2) is 18.2 Å². The first-order chi connectivity index (χ1) is 8.75. The molecule has 0 saturated carbocycles. The van der Waals surface area contributed by atoms with E-state index in [1.807, 2.05) is 6.07 Å². The molecule has 2 aromatic rings. The topological polar surface area (TPSA) is 78.5 Å². The van der Waals surface area contributed by atoms with Crippen LogP contribution in [-0.2, 0) is 4.74 Å². The molecule has 0 bridgehead atoms. The quantitative estimate of drug-likeness (QED) is 0.830. The van der Waals surface area contributed by atoms with Crippen molar-refractivity contribution < 1.29 is 14.6 Å². The molecule has 0 unspecified atom stereocenters. The highest BCUT2D eigenvalue weighted by Crippen LogP contribution is 2.21. The van der Waals surface area contributed by atoms with Crippen LogP contribution in [0.2, 0.25) is 0 Å². The Balaban J connectivity index is 2.04. The van der Waals surface area contributed by atoms with Crippen molar-refractivity contribution in [3.05, 3.63) is 23.8 Å². The number of nitrogens with one attached hydrogen (secondary N) is 1. The van der Waals surface area contributed by atoms with Crippen molar-refractivity contribution in [1.29, 1.82) is 0 Å². The largest absolute Gasteiger partial charge is 0.478 e. The molecule has 2 N–H and O–H groups in total. The fraction of sp³-hybridized carbons (Fsp3) is 0.333. The number of imidazole rings is 1. The van der Waals surface area contributed by atoms with E-state index in [1.54, 1.807) is 12.1 Å². The van der Waals surface area contributed by atoms with E-state index in [0.717, 1.165) is 18.6 Å². The molecule has 0 amide bonds. The van der Waals surface area contributed by atoms with Crippen LogP contribution in [-0.4, -0.2) is 47.3 Å². The summed E-state index contributed by atoms with van der Waals surface area (Å²) in [5.41, 5.74) is 1.48. The zero-order chi connectivity index (χ0) is 12.5. The number of carbonyl (C=O) groups is 1. The summed E-state index contributed by atoms with van der Waals surface area (Å²) in [7, 11) is 0. The van der Waals surface area contributed by atoms with Crippen molar-refractivity contribution in [3.8, 4) is 0 Å². The number of hydrogen-bond donors (Lipinski definition) is 2. The SMILES string of the molecule is O=C(O)c1cccc2[nH]c(N3CCOCC3)nc12. The van der Waals surface area contributed by atoms with Gasteiger partial charge in [-0.25, -0.2) is 9.78 Å². The highest BCUT2D eigenvalue weighted by atomic mass is 16.5. The van der Waals surface area contributed by atoms with Crippen LogP contribution in [0.25, 0.3) is 11.0 Å². The van der Waals surface area contributed by atoms with Gasteiger partial charge in [0.25, 0.3) is 0 Å². The second-order valence-electron chi connectivity index (χ2n) is 4.17. The summed E-state index contributed by atoms with van der Waals surface area (Å²) >= 11 is 0. The molecular formula is C12H13N3O3. The van der Waals surface area contributed by atoms with E-state index in [4.69, 9.17) is 9.84 Å². The summed E-state index contributed by atoms with van der Waals surface area (Å²) < 4.78 is 5.28. The van der Waals surface area contributed by atoms with E-state index in [0.29, 0.717) is 24.7 Å². The summed E-state index contributed by atoms with van der Waals surface area (Å²) in [5.74, 6) is -0.248. The smallest absolute Gasteiger partial charge is 0.337 e. The normalized spacial score (nSPS) is 16.1. The molecule has 2 heterocycles. The summed E-state index contributed by atoms with van der Waals surface area (Å²) in [6.07, 6.45) is 0. The van der Waals surface area contributed by atoms with Crippen LogP contribution >= 0.6 is 0 Å². The van der Waals surface area contributed by atoms with Gasteiger partial charge in [0, 0.05) is 13.1 Å². The van der Waals surface area contributed by atoms with Crippen molar-refractivity contribution >= 4 is 23.0 Å². The lowest BCUT2D eigenvalue weighted by atomic mass is 10.2. The molecule has 0 radical (unpaired) electrons. The lowest BCUT2D eigenvalue weighted by molar-refractivity contribution is 0.0699. The van der Waals surface area contributed by atoms with Gasteiger partial charge in [-0.1, -0.05) is 6.07 Å². The van der Waals surface area contributed by atoms with Crippen LogP contribution in [0.5, 0.6) is 0 Å². The van der Waals surface area contributed by atoms with E-state index < -0.39 is 5.97 Å². The van der Waals surface area contributed by atoms with E-state index in [-0.39, 0.29) is 5.56 Å². The number of fused-ring (bicyclic) bond motifs is 1. The van der Waals surface area contributed by atoms with E-state index >= 15 is 0 Å². The fourth-order valence-corrected chi connectivity index (χ4v) is 2.12. The Bertz CT molecular complexity index is 587.